The van der Waals surface area contributed by atoms with E-state index in [0.717, 1.165) is 0 Å². The van der Waals surface area contributed by atoms with Crippen molar-refractivity contribution >= 4 is 17.5 Å². The molecule has 0 radical (unpaired) electrons. The van der Waals surface area contributed by atoms with Crippen molar-refractivity contribution < 1.29 is 14.3 Å². The number of carbonyl (C=O) groups is 2. The van der Waals surface area contributed by atoms with Crippen LogP contribution in [-0.2, 0) is 9.59 Å². The van der Waals surface area contributed by atoms with Crippen LogP contribution in [0.5, 0.6) is 5.88 Å². The predicted octanol–water partition coefficient (Wildman–Crippen LogP) is 1.82. The van der Waals surface area contributed by atoms with Gasteiger partial charge < -0.3 is 10.1 Å². The third-order valence-electron chi connectivity index (χ3n) is 3.15. The fraction of sp³-hybridized carbons (Fsp3) is 0.533. The summed E-state index contributed by atoms with van der Waals surface area (Å²) in [5, 5.41) is 3.08. The van der Waals surface area contributed by atoms with Crippen LogP contribution in [-0.4, -0.2) is 39.9 Å². The van der Waals surface area contributed by atoms with E-state index < -0.39 is 6.04 Å². The first-order valence-electron chi connectivity index (χ1n) is 7.14. The molecule has 1 aliphatic heterocycles. The Hall–Kier alpha value is -2.11. The van der Waals surface area contributed by atoms with Crippen LogP contribution in [0.4, 0.5) is 5.69 Å². The molecule has 21 heavy (non-hydrogen) atoms. The highest BCUT2D eigenvalue weighted by molar-refractivity contribution is 6.07. The molecule has 1 N–H and O–H groups in total. The van der Waals surface area contributed by atoms with Crippen LogP contribution in [0.3, 0.4) is 0 Å². The molecule has 6 heteroatoms. The predicted molar refractivity (Wildman–Crippen MR) is 79.0 cm³/mol. The molecule has 6 nitrogen and oxygen atoms in total. The molecule has 0 aromatic carbocycles. The van der Waals surface area contributed by atoms with Crippen LogP contribution in [0.25, 0.3) is 0 Å². The third-order valence-corrected chi connectivity index (χ3v) is 3.15. The Morgan fingerprint density at radius 3 is 2.62 bits per heavy atom. The smallest absolute Gasteiger partial charge is 0.252 e. The van der Waals surface area contributed by atoms with Crippen LogP contribution in [0.15, 0.2) is 18.3 Å². The first-order chi connectivity index (χ1) is 9.90. The van der Waals surface area contributed by atoms with E-state index >= 15 is 0 Å². The minimum atomic E-state index is -0.557. The number of nitrogens with one attached hydrogen (secondary N) is 1. The van der Waals surface area contributed by atoms with Crippen molar-refractivity contribution in [3.63, 3.8) is 0 Å². The van der Waals surface area contributed by atoms with Crippen LogP contribution < -0.4 is 10.1 Å². The molecular formula is C15H21N3O3. The summed E-state index contributed by atoms with van der Waals surface area (Å²) in [6.45, 7) is 7.47. The molecule has 114 valence electrons. The second-order valence-corrected chi connectivity index (χ2v) is 5.62. The Bertz CT molecular complexity index is 543. The minimum absolute atomic E-state index is 0.0199. The van der Waals surface area contributed by atoms with Crippen LogP contribution in [0.2, 0.25) is 0 Å². The number of aromatic nitrogens is 1. The molecule has 1 aromatic heterocycles. The Morgan fingerprint density at radius 2 is 2.05 bits per heavy atom. The van der Waals surface area contributed by atoms with Gasteiger partial charge in [-0.2, -0.15) is 0 Å². The molecule has 0 aliphatic carbocycles. The van der Waals surface area contributed by atoms with Crippen molar-refractivity contribution in [2.24, 2.45) is 0 Å². The molecule has 1 unspecified atom stereocenters. The topological polar surface area (TPSA) is 71.5 Å². The Kier molecular flexibility index (Phi) is 4.45. The number of carbonyl (C=O) groups excluding carboxylic acids is 2. The van der Waals surface area contributed by atoms with Gasteiger partial charge in [-0.3, -0.25) is 14.5 Å². The molecule has 2 rings (SSSR count). The van der Waals surface area contributed by atoms with Gasteiger partial charge >= 0.3 is 0 Å². The molecule has 1 aromatic rings. The maximum absolute atomic E-state index is 12.3. The fourth-order valence-corrected chi connectivity index (χ4v) is 2.31. The van der Waals surface area contributed by atoms with Gasteiger partial charge in [-0.1, -0.05) is 0 Å². The number of likely N-dealkylation sites (tertiary alicyclic amines) is 1. The number of rotatable bonds is 5. The third kappa shape index (κ3) is 3.32. The highest BCUT2D eigenvalue weighted by Crippen LogP contribution is 2.26. The average molecular weight is 291 g/mol. The van der Waals surface area contributed by atoms with Crippen LogP contribution in [0.1, 0.15) is 34.1 Å². The Labute approximate surface area is 124 Å². The molecule has 0 bridgehead atoms. The van der Waals surface area contributed by atoms with Crippen molar-refractivity contribution in [1.82, 2.24) is 9.88 Å². The van der Waals surface area contributed by atoms with Gasteiger partial charge in [0.2, 0.25) is 11.8 Å². The number of hydrogen-bond donors (Lipinski definition) is 1. The summed E-state index contributed by atoms with van der Waals surface area (Å²) >= 11 is 0. The monoisotopic (exact) mass is 291 g/mol. The van der Waals surface area contributed by atoms with Gasteiger partial charge in [-0.05, 0) is 39.8 Å². The lowest BCUT2D eigenvalue weighted by atomic mass is 10.2. The number of pyridine rings is 1. The highest BCUT2D eigenvalue weighted by Gasteiger charge is 2.40. The molecule has 2 amide bonds. The largest absolute Gasteiger partial charge is 0.473 e. The number of ether oxygens (including phenoxy) is 1. The zero-order valence-electron chi connectivity index (χ0n) is 12.8. The molecule has 1 fully saturated rings. The number of anilines is 1. The number of nitrogens with zero attached hydrogens (tertiary/aromatic N) is 2. The molecule has 1 aliphatic rings. The first kappa shape index (κ1) is 15.3. The molecule has 1 saturated heterocycles. The lowest BCUT2D eigenvalue weighted by molar-refractivity contribution is -0.140. The molecule has 1 atom stereocenters. The SMILES string of the molecule is CC(C)Oc1ncccc1NC1CC(=O)N(C(C)C)C1=O. The van der Waals surface area contributed by atoms with Gasteiger partial charge in [-0.25, -0.2) is 4.98 Å². The quantitative estimate of drug-likeness (QED) is 0.838. The summed E-state index contributed by atoms with van der Waals surface area (Å²) in [4.78, 5) is 29.7. The standard InChI is InChI=1S/C15H21N3O3/c1-9(2)18-13(19)8-12(15(18)20)17-11-6-5-7-16-14(11)21-10(3)4/h5-7,9-10,12,17H,8H2,1-4H3. The van der Waals surface area contributed by atoms with E-state index in [2.05, 4.69) is 10.3 Å². The lowest BCUT2D eigenvalue weighted by Crippen LogP contribution is -2.39. The van der Waals surface area contributed by atoms with Crippen LogP contribution >= 0.6 is 0 Å². The van der Waals surface area contributed by atoms with E-state index in [-0.39, 0.29) is 30.4 Å². The van der Waals surface area contributed by atoms with Crippen molar-refractivity contribution in [1.29, 1.82) is 0 Å². The van der Waals surface area contributed by atoms with Gasteiger partial charge in [0.1, 0.15) is 6.04 Å². The number of hydrogen-bond acceptors (Lipinski definition) is 5. The maximum atomic E-state index is 12.3. The number of amides is 2. The van der Waals surface area contributed by atoms with Crippen molar-refractivity contribution in [2.75, 3.05) is 5.32 Å². The van der Waals surface area contributed by atoms with Crippen molar-refractivity contribution in [3.8, 4) is 5.88 Å². The van der Waals surface area contributed by atoms with Gasteiger partial charge in [0, 0.05) is 12.2 Å². The summed E-state index contributed by atoms with van der Waals surface area (Å²) in [5.74, 6) is 0.0906. The van der Waals surface area contributed by atoms with Crippen molar-refractivity contribution in [2.45, 2.75) is 52.3 Å². The second-order valence-electron chi connectivity index (χ2n) is 5.62. The van der Waals surface area contributed by atoms with Gasteiger partial charge in [-0.15, -0.1) is 0 Å². The summed E-state index contributed by atoms with van der Waals surface area (Å²) in [6.07, 6.45) is 1.77. The fourth-order valence-electron chi connectivity index (χ4n) is 2.31. The normalized spacial score (nSPS) is 18.8. The van der Waals surface area contributed by atoms with Crippen LogP contribution in [0, 0.1) is 0 Å². The van der Waals surface area contributed by atoms with E-state index in [9.17, 15) is 9.59 Å². The summed E-state index contributed by atoms with van der Waals surface area (Å²) in [6, 6.07) is 2.87. The maximum Gasteiger partial charge on any atom is 0.252 e. The van der Waals surface area contributed by atoms with E-state index in [1.165, 1.54) is 4.90 Å². The molecule has 0 saturated carbocycles. The average Bonchev–Trinajstić information content (AvgIpc) is 2.66. The summed E-state index contributed by atoms with van der Waals surface area (Å²) in [7, 11) is 0. The minimum Gasteiger partial charge on any atom is -0.473 e. The zero-order valence-corrected chi connectivity index (χ0v) is 12.8. The second kappa shape index (κ2) is 6.11. The van der Waals surface area contributed by atoms with E-state index in [1.54, 1.807) is 18.3 Å². The summed E-state index contributed by atoms with van der Waals surface area (Å²) < 4.78 is 5.61. The van der Waals surface area contributed by atoms with Gasteiger partial charge in [0.15, 0.2) is 0 Å². The first-order valence-corrected chi connectivity index (χ1v) is 7.14. The molecule has 2 heterocycles. The number of imide groups is 1. The zero-order chi connectivity index (χ0) is 15.6. The highest BCUT2D eigenvalue weighted by atomic mass is 16.5. The van der Waals surface area contributed by atoms with Crippen molar-refractivity contribution in [3.05, 3.63) is 18.3 Å². The lowest BCUT2D eigenvalue weighted by Gasteiger charge is -2.20. The Morgan fingerprint density at radius 1 is 1.33 bits per heavy atom. The van der Waals surface area contributed by atoms with E-state index in [4.69, 9.17) is 4.74 Å². The summed E-state index contributed by atoms with van der Waals surface area (Å²) in [5.41, 5.74) is 0.628. The van der Waals surface area contributed by atoms with Gasteiger partial charge in [0.25, 0.3) is 5.91 Å². The molecule has 0 spiro atoms. The Balaban J connectivity index is 2.16. The van der Waals surface area contributed by atoms with Gasteiger partial charge in [0.05, 0.1) is 18.2 Å². The molecular weight excluding hydrogens is 270 g/mol. The van der Waals surface area contributed by atoms with E-state index in [0.29, 0.717) is 11.6 Å². The van der Waals surface area contributed by atoms with E-state index in [1.807, 2.05) is 27.7 Å².